The van der Waals surface area contributed by atoms with Gasteiger partial charge >= 0.3 is 0 Å². The van der Waals surface area contributed by atoms with Crippen LogP contribution in [0.4, 0.5) is 5.69 Å². The molecule has 0 bridgehead atoms. The molecule has 5 heteroatoms. The third-order valence-corrected chi connectivity index (χ3v) is 4.39. The fourth-order valence-electron chi connectivity index (χ4n) is 2.89. The van der Waals surface area contributed by atoms with Crippen molar-refractivity contribution in [2.45, 2.75) is 12.8 Å². The van der Waals surface area contributed by atoms with E-state index in [1.54, 1.807) is 24.3 Å². The summed E-state index contributed by atoms with van der Waals surface area (Å²) >= 11 is 0. The molecule has 1 aliphatic heterocycles. The Kier molecular flexibility index (Phi) is 5.80. The van der Waals surface area contributed by atoms with E-state index < -0.39 is 0 Å². The summed E-state index contributed by atoms with van der Waals surface area (Å²) < 4.78 is 0. The van der Waals surface area contributed by atoms with Gasteiger partial charge in [-0.25, -0.2) is 0 Å². The van der Waals surface area contributed by atoms with Crippen LogP contribution in [0.2, 0.25) is 0 Å². The number of hydrogen-bond acceptors (Lipinski definition) is 3. The zero-order valence-electron chi connectivity index (χ0n) is 14.1. The summed E-state index contributed by atoms with van der Waals surface area (Å²) in [5.41, 5.74) is 2.51. The van der Waals surface area contributed by atoms with Gasteiger partial charge in [0.25, 0.3) is 5.91 Å². The van der Waals surface area contributed by atoms with E-state index in [0.717, 1.165) is 31.6 Å². The van der Waals surface area contributed by atoms with Gasteiger partial charge in [0.05, 0.1) is 5.92 Å². The minimum atomic E-state index is -0.103. The topological polar surface area (TPSA) is 70.2 Å². The summed E-state index contributed by atoms with van der Waals surface area (Å²) in [7, 11) is 0. The number of nitrogens with one attached hydrogen (secondary N) is 3. The first-order valence-corrected chi connectivity index (χ1v) is 8.66. The summed E-state index contributed by atoms with van der Waals surface area (Å²) in [5.74, 6) is -0.0418. The predicted molar refractivity (Wildman–Crippen MR) is 98.5 cm³/mol. The molecule has 3 N–H and O–H groups in total. The van der Waals surface area contributed by atoms with Gasteiger partial charge in [0.2, 0.25) is 5.91 Å². The van der Waals surface area contributed by atoms with Crippen molar-refractivity contribution in [2.24, 2.45) is 5.92 Å². The smallest absolute Gasteiger partial charge is 0.251 e. The van der Waals surface area contributed by atoms with Crippen LogP contribution >= 0.6 is 0 Å². The molecule has 130 valence electrons. The van der Waals surface area contributed by atoms with Crippen molar-refractivity contribution in [1.29, 1.82) is 0 Å². The zero-order valence-corrected chi connectivity index (χ0v) is 14.1. The summed E-state index contributed by atoms with van der Waals surface area (Å²) in [4.78, 5) is 24.3. The van der Waals surface area contributed by atoms with Gasteiger partial charge in [0, 0.05) is 24.3 Å². The lowest BCUT2D eigenvalue weighted by Gasteiger charge is -2.10. The fraction of sp³-hybridized carbons (Fsp3) is 0.300. The molecule has 3 rings (SSSR count). The summed E-state index contributed by atoms with van der Waals surface area (Å²) in [6, 6.07) is 17.1. The van der Waals surface area contributed by atoms with Crippen LogP contribution in [-0.4, -0.2) is 31.4 Å². The summed E-state index contributed by atoms with van der Waals surface area (Å²) in [6.45, 7) is 2.21. The standard InChI is InChI=1S/C20H23N3O2/c24-19(22-13-10-15-4-2-1-3-5-15)16-6-8-18(9-7-16)23-20(25)17-11-12-21-14-17/h1-9,17,21H,10-14H2,(H,22,24)(H,23,25). The van der Waals surface area contributed by atoms with E-state index in [9.17, 15) is 9.59 Å². The van der Waals surface area contributed by atoms with E-state index >= 15 is 0 Å². The molecule has 0 radical (unpaired) electrons. The second kappa shape index (κ2) is 8.44. The summed E-state index contributed by atoms with van der Waals surface area (Å²) in [5, 5.41) is 9.00. The highest BCUT2D eigenvalue weighted by molar-refractivity contribution is 5.96. The lowest BCUT2D eigenvalue weighted by atomic mass is 10.1. The van der Waals surface area contributed by atoms with E-state index in [-0.39, 0.29) is 17.7 Å². The van der Waals surface area contributed by atoms with E-state index in [1.807, 2.05) is 30.3 Å². The van der Waals surface area contributed by atoms with Gasteiger partial charge in [-0.15, -0.1) is 0 Å². The molecule has 2 aromatic carbocycles. The Labute approximate surface area is 147 Å². The number of benzene rings is 2. The van der Waals surface area contributed by atoms with Crippen molar-refractivity contribution in [3.63, 3.8) is 0 Å². The molecule has 2 aromatic rings. The van der Waals surface area contributed by atoms with Crippen LogP contribution in [0, 0.1) is 5.92 Å². The van der Waals surface area contributed by atoms with Gasteiger partial charge in [-0.3, -0.25) is 9.59 Å². The first-order chi connectivity index (χ1) is 12.2. The molecule has 0 spiro atoms. The van der Waals surface area contributed by atoms with Crippen molar-refractivity contribution >= 4 is 17.5 Å². The number of carbonyl (C=O) groups excluding carboxylic acids is 2. The number of anilines is 1. The second-order valence-corrected chi connectivity index (χ2v) is 6.25. The predicted octanol–water partition coefficient (Wildman–Crippen LogP) is 2.21. The average molecular weight is 337 g/mol. The third-order valence-electron chi connectivity index (χ3n) is 4.39. The van der Waals surface area contributed by atoms with E-state index in [2.05, 4.69) is 16.0 Å². The number of carbonyl (C=O) groups is 2. The number of amides is 2. The maximum atomic E-state index is 12.2. The van der Waals surface area contributed by atoms with Crippen molar-refractivity contribution < 1.29 is 9.59 Å². The lowest BCUT2D eigenvalue weighted by Crippen LogP contribution is -2.26. The molecule has 0 aliphatic carbocycles. The molecule has 2 amide bonds. The maximum Gasteiger partial charge on any atom is 0.251 e. The van der Waals surface area contributed by atoms with Crippen LogP contribution in [0.5, 0.6) is 0 Å². The van der Waals surface area contributed by atoms with E-state index in [4.69, 9.17) is 0 Å². The SMILES string of the molecule is O=C(NCCc1ccccc1)c1ccc(NC(=O)C2CCNC2)cc1. The molecule has 5 nitrogen and oxygen atoms in total. The highest BCUT2D eigenvalue weighted by atomic mass is 16.2. The Bertz CT molecular complexity index is 707. The zero-order chi connectivity index (χ0) is 17.5. The Morgan fingerprint density at radius 2 is 1.80 bits per heavy atom. The highest BCUT2D eigenvalue weighted by Gasteiger charge is 2.22. The molecule has 1 aliphatic rings. The monoisotopic (exact) mass is 337 g/mol. The normalized spacial score (nSPS) is 16.4. The minimum Gasteiger partial charge on any atom is -0.352 e. The van der Waals surface area contributed by atoms with Gasteiger partial charge < -0.3 is 16.0 Å². The van der Waals surface area contributed by atoms with Gasteiger partial charge in [0.15, 0.2) is 0 Å². The number of hydrogen-bond donors (Lipinski definition) is 3. The molecule has 25 heavy (non-hydrogen) atoms. The molecule has 0 saturated carbocycles. The first-order valence-electron chi connectivity index (χ1n) is 8.66. The molecule has 1 fully saturated rings. The Balaban J connectivity index is 1.47. The van der Waals surface area contributed by atoms with Crippen LogP contribution in [0.25, 0.3) is 0 Å². The van der Waals surface area contributed by atoms with Crippen LogP contribution < -0.4 is 16.0 Å². The fourth-order valence-corrected chi connectivity index (χ4v) is 2.89. The molecule has 1 atom stereocenters. The summed E-state index contributed by atoms with van der Waals surface area (Å²) in [6.07, 6.45) is 1.67. The van der Waals surface area contributed by atoms with Crippen LogP contribution in [0.3, 0.4) is 0 Å². The quantitative estimate of drug-likeness (QED) is 0.757. The van der Waals surface area contributed by atoms with Gasteiger partial charge in [-0.2, -0.15) is 0 Å². The second-order valence-electron chi connectivity index (χ2n) is 6.25. The lowest BCUT2D eigenvalue weighted by molar-refractivity contribution is -0.119. The molecule has 1 heterocycles. The molecule has 1 unspecified atom stereocenters. The third kappa shape index (κ3) is 4.90. The molecule has 1 saturated heterocycles. The van der Waals surface area contributed by atoms with E-state index in [1.165, 1.54) is 5.56 Å². The van der Waals surface area contributed by atoms with Crippen molar-refractivity contribution in [1.82, 2.24) is 10.6 Å². The van der Waals surface area contributed by atoms with E-state index in [0.29, 0.717) is 12.1 Å². The molecular weight excluding hydrogens is 314 g/mol. The maximum absolute atomic E-state index is 12.2. The van der Waals surface area contributed by atoms with Gasteiger partial charge in [0.1, 0.15) is 0 Å². The van der Waals surface area contributed by atoms with Gasteiger partial charge in [-0.1, -0.05) is 30.3 Å². The van der Waals surface area contributed by atoms with Crippen LogP contribution in [0.1, 0.15) is 22.3 Å². The van der Waals surface area contributed by atoms with Crippen molar-refractivity contribution in [3.05, 3.63) is 65.7 Å². The largest absolute Gasteiger partial charge is 0.352 e. The Morgan fingerprint density at radius 3 is 2.48 bits per heavy atom. The number of rotatable bonds is 6. The van der Waals surface area contributed by atoms with Crippen molar-refractivity contribution in [3.8, 4) is 0 Å². The molecular formula is C20H23N3O2. The minimum absolute atomic E-state index is 0.0287. The highest BCUT2D eigenvalue weighted by Crippen LogP contribution is 2.14. The molecule has 0 aromatic heterocycles. The Morgan fingerprint density at radius 1 is 1.04 bits per heavy atom. The van der Waals surface area contributed by atoms with Crippen LogP contribution in [0.15, 0.2) is 54.6 Å². The van der Waals surface area contributed by atoms with Crippen LogP contribution in [-0.2, 0) is 11.2 Å². The van der Waals surface area contributed by atoms with Gasteiger partial charge in [-0.05, 0) is 49.2 Å². The average Bonchev–Trinajstić information content (AvgIpc) is 3.18. The first kappa shape index (κ1) is 17.2. The Hall–Kier alpha value is -2.66. The van der Waals surface area contributed by atoms with Crippen molar-refractivity contribution in [2.75, 3.05) is 25.0 Å².